The maximum absolute atomic E-state index is 12.4. The van der Waals surface area contributed by atoms with Crippen LogP contribution in [0.25, 0.3) is 0 Å². The number of aromatic nitrogens is 4. The van der Waals surface area contributed by atoms with E-state index in [9.17, 15) is 8.42 Å². The van der Waals surface area contributed by atoms with Gasteiger partial charge in [0.05, 0.1) is 6.20 Å². The van der Waals surface area contributed by atoms with Crippen molar-refractivity contribution in [3.8, 4) is 0 Å². The number of anilines is 1. The van der Waals surface area contributed by atoms with E-state index in [0.717, 1.165) is 18.5 Å². The van der Waals surface area contributed by atoms with E-state index in [0.29, 0.717) is 17.6 Å². The number of nitrogens with zero attached hydrogens (tertiary/aromatic N) is 4. The van der Waals surface area contributed by atoms with Crippen molar-refractivity contribution < 1.29 is 8.42 Å². The predicted octanol–water partition coefficient (Wildman–Crippen LogP) is 2.24. The smallest absolute Gasteiger partial charge is 0.266 e. The second-order valence-electron chi connectivity index (χ2n) is 5.85. The number of nitrogens with one attached hydrogen (secondary N) is 1. The standard InChI is InChI=1S/C14H19N5O2S/c1-9(2)19-8-12(7-15-19)22(20,21)18-14-6-13(11-4-5-11)16-10(3)17-14/h6-9,11H,4-5H2,1-3H3,(H,16,17,18). The minimum Gasteiger partial charge on any atom is -0.269 e. The molecule has 3 rings (SSSR count). The molecule has 2 aromatic rings. The van der Waals surface area contributed by atoms with Gasteiger partial charge in [0.15, 0.2) is 0 Å². The van der Waals surface area contributed by atoms with Crippen LogP contribution in [0.15, 0.2) is 23.4 Å². The van der Waals surface area contributed by atoms with E-state index in [1.807, 2.05) is 13.8 Å². The van der Waals surface area contributed by atoms with Crippen LogP contribution >= 0.6 is 0 Å². The van der Waals surface area contributed by atoms with Crippen LogP contribution < -0.4 is 4.72 Å². The Kier molecular flexibility index (Phi) is 3.64. The van der Waals surface area contributed by atoms with E-state index < -0.39 is 10.0 Å². The highest BCUT2D eigenvalue weighted by atomic mass is 32.2. The third-order valence-electron chi connectivity index (χ3n) is 3.51. The van der Waals surface area contributed by atoms with Crippen molar-refractivity contribution in [2.75, 3.05) is 4.72 Å². The largest absolute Gasteiger partial charge is 0.269 e. The molecule has 2 aromatic heterocycles. The van der Waals surface area contributed by atoms with Crippen molar-refractivity contribution in [3.05, 3.63) is 30.0 Å². The number of rotatable bonds is 5. The molecule has 0 aromatic carbocycles. The lowest BCUT2D eigenvalue weighted by molar-refractivity contribution is 0.531. The van der Waals surface area contributed by atoms with Gasteiger partial charge in [-0.05, 0) is 33.6 Å². The normalized spacial score (nSPS) is 15.3. The SMILES string of the molecule is Cc1nc(NS(=O)(=O)c2cnn(C(C)C)c2)cc(C2CC2)n1. The molecule has 0 spiro atoms. The molecule has 118 valence electrons. The molecule has 0 saturated heterocycles. The Bertz CT molecular complexity index is 793. The Morgan fingerprint density at radius 2 is 2.05 bits per heavy atom. The van der Waals surface area contributed by atoms with Crippen molar-refractivity contribution >= 4 is 15.8 Å². The number of hydrogen-bond donors (Lipinski definition) is 1. The molecule has 7 nitrogen and oxygen atoms in total. The molecule has 2 heterocycles. The molecule has 22 heavy (non-hydrogen) atoms. The fourth-order valence-electron chi connectivity index (χ4n) is 2.17. The lowest BCUT2D eigenvalue weighted by Gasteiger charge is -2.08. The minimum atomic E-state index is -3.69. The van der Waals surface area contributed by atoms with Crippen LogP contribution in [0.3, 0.4) is 0 Å². The van der Waals surface area contributed by atoms with Gasteiger partial charge in [0.2, 0.25) is 0 Å². The topological polar surface area (TPSA) is 89.8 Å². The van der Waals surface area contributed by atoms with E-state index >= 15 is 0 Å². The average molecular weight is 321 g/mol. The van der Waals surface area contributed by atoms with E-state index in [1.54, 1.807) is 17.7 Å². The van der Waals surface area contributed by atoms with Crippen molar-refractivity contribution in [3.63, 3.8) is 0 Å². The molecule has 0 bridgehead atoms. The maximum atomic E-state index is 12.4. The van der Waals surface area contributed by atoms with Gasteiger partial charge in [-0.1, -0.05) is 0 Å². The summed E-state index contributed by atoms with van der Waals surface area (Å²) < 4.78 is 29.0. The fourth-order valence-corrected chi connectivity index (χ4v) is 3.10. The minimum absolute atomic E-state index is 0.103. The zero-order valence-electron chi connectivity index (χ0n) is 12.8. The van der Waals surface area contributed by atoms with Crippen LogP contribution in [0, 0.1) is 6.92 Å². The van der Waals surface area contributed by atoms with E-state index in [4.69, 9.17) is 0 Å². The summed E-state index contributed by atoms with van der Waals surface area (Å²) in [4.78, 5) is 8.66. The molecule has 0 aliphatic heterocycles. The second-order valence-corrected chi connectivity index (χ2v) is 7.54. The van der Waals surface area contributed by atoms with Crippen molar-refractivity contribution in [2.24, 2.45) is 0 Å². The van der Waals surface area contributed by atoms with Crippen molar-refractivity contribution in [1.29, 1.82) is 0 Å². The second kappa shape index (κ2) is 5.35. The Labute approximate surface area is 129 Å². The van der Waals surface area contributed by atoms with Gasteiger partial charge in [-0.3, -0.25) is 9.40 Å². The number of hydrogen-bond acceptors (Lipinski definition) is 5. The molecule has 1 N–H and O–H groups in total. The monoisotopic (exact) mass is 321 g/mol. The van der Waals surface area contributed by atoms with Gasteiger partial charge in [0.1, 0.15) is 16.5 Å². The first kappa shape index (κ1) is 15.0. The summed E-state index contributed by atoms with van der Waals surface area (Å²) in [6.45, 7) is 5.64. The van der Waals surface area contributed by atoms with E-state index in [-0.39, 0.29) is 10.9 Å². The van der Waals surface area contributed by atoms with E-state index in [2.05, 4.69) is 19.8 Å². The molecule has 0 radical (unpaired) electrons. The number of sulfonamides is 1. The van der Waals surface area contributed by atoms with Gasteiger partial charge in [-0.2, -0.15) is 5.10 Å². The maximum Gasteiger partial charge on any atom is 0.266 e. The summed E-state index contributed by atoms with van der Waals surface area (Å²) in [5.74, 6) is 1.32. The summed E-state index contributed by atoms with van der Waals surface area (Å²) in [6.07, 6.45) is 5.06. The summed E-state index contributed by atoms with van der Waals surface area (Å²) in [7, 11) is -3.69. The Morgan fingerprint density at radius 3 is 2.64 bits per heavy atom. The first-order valence-electron chi connectivity index (χ1n) is 7.28. The molecule has 1 saturated carbocycles. The molecular weight excluding hydrogens is 302 g/mol. The van der Waals surface area contributed by atoms with Crippen LogP contribution in [-0.4, -0.2) is 28.2 Å². The summed E-state index contributed by atoms with van der Waals surface area (Å²) in [6, 6.07) is 1.82. The highest BCUT2D eigenvalue weighted by molar-refractivity contribution is 7.92. The number of aryl methyl sites for hydroxylation is 1. The van der Waals surface area contributed by atoms with Crippen LogP contribution in [-0.2, 0) is 10.0 Å². The molecule has 1 aliphatic carbocycles. The molecule has 1 fully saturated rings. The molecule has 0 unspecified atom stereocenters. The van der Waals surface area contributed by atoms with Gasteiger partial charge in [-0.25, -0.2) is 18.4 Å². The highest BCUT2D eigenvalue weighted by Crippen LogP contribution is 2.39. The Hall–Kier alpha value is -1.96. The highest BCUT2D eigenvalue weighted by Gasteiger charge is 2.26. The predicted molar refractivity (Wildman–Crippen MR) is 82.2 cm³/mol. The van der Waals surface area contributed by atoms with Crippen molar-refractivity contribution in [2.45, 2.75) is 50.5 Å². The fraction of sp³-hybridized carbons (Fsp3) is 0.500. The van der Waals surface area contributed by atoms with Crippen LogP contribution in [0.1, 0.15) is 50.2 Å². The third-order valence-corrected chi connectivity index (χ3v) is 4.82. The summed E-state index contributed by atoms with van der Waals surface area (Å²) in [5.41, 5.74) is 0.906. The van der Waals surface area contributed by atoms with E-state index in [1.165, 1.54) is 12.4 Å². The third kappa shape index (κ3) is 3.11. The van der Waals surface area contributed by atoms with Crippen LogP contribution in [0.5, 0.6) is 0 Å². The van der Waals surface area contributed by atoms with Crippen LogP contribution in [0.4, 0.5) is 5.82 Å². The lowest BCUT2D eigenvalue weighted by Crippen LogP contribution is -2.14. The van der Waals surface area contributed by atoms with Gasteiger partial charge in [0.25, 0.3) is 10.0 Å². The molecule has 0 amide bonds. The van der Waals surface area contributed by atoms with Gasteiger partial charge < -0.3 is 0 Å². The molecule has 1 aliphatic rings. The first-order valence-corrected chi connectivity index (χ1v) is 8.76. The molecular formula is C14H19N5O2S. The quantitative estimate of drug-likeness (QED) is 0.912. The van der Waals surface area contributed by atoms with Gasteiger partial charge >= 0.3 is 0 Å². The molecule has 8 heteroatoms. The van der Waals surface area contributed by atoms with Crippen molar-refractivity contribution in [1.82, 2.24) is 19.7 Å². The van der Waals surface area contributed by atoms with Crippen LogP contribution in [0.2, 0.25) is 0 Å². The zero-order chi connectivity index (χ0) is 15.9. The summed E-state index contributed by atoms with van der Waals surface area (Å²) >= 11 is 0. The van der Waals surface area contributed by atoms with Gasteiger partial charge in [-0.15, -0.1) is 0 Å². The Balaban J connectivity index is 1.87. The zero-order valence-corrected chi connectivity index (χ0v) is 13.6. The summed E-state index contributed by atoms with van der Waals surface area (Å²) in [5, 5.41) is 4.06. The Morgan fingerprint density at radius 1 is 1.32 bits per heavy atom. The molecule has 0 atom stereocenters. The van der Waals surface area contributed by atoms with Gasteiger partial charge in [0, 0.05) is 29.9 Å². The first-order chi connectivity index (χ1) is 10.3. The lowest BCUT2D eigenvalue weighted by atomic mass is 10.3. The average Bonchev–Trinajstić information content (AvgIpc) is 3.13.